The second-order valence-electron chi connectivity index (χ2n) is 4.42. The molecule has 1 fully saturated rings. The molecule has 0 saturated heterocycles. The number of rotatable bonds is 6. The summed E-state index contributed by atoms with van der Waals surface area (Å²) in [5, 5.41) is 11.5. The van der Waals surface area contributed by atoms with Crippen molar-refractivity contribution in [2.75, 3.05) is 7.11 Å². The number of hydrogen-bond acceptors (Lipinski definition) is 3. The lowest BCUT2D eigenvalue weighted by Gasteiger charge is -2.27. The Labute approximate surface area is 95.2 Å². The zero-order valence-corrected chi connectivity index (χ0v) is 9.95. The Kier molecular flexibility index (Phi) is 3.91. The van der Waals surface area contributed by atoms with Crippen molar-refractivity contribution in [3.63, 3.8) is 0 Å². The Bertz CT molecular complexity index is 282. The molecule has 2 atom stereocenters. The van der Waals surface area contributed by atoms with E-state index in [-0.39, 0.29) is 11.8 Å². The summed E-state index contributed by atoms with van der Waals surface area (Å²) >= 11 is 0. The lowest BCUT2D eigenvalue weighted by Crippen LogP contribution is -2.52. The van der Waals surface area contributed by atoms with Gasteiger partial charge in [-0.25, -0.2) is 4.79 Å². The molecular weight excluding hydrogens is 210 g/mol. The quantitative estimate of drug-likeness (QED) is 0.705. The highest BCUT2D eigenvalue weighted by molar-refractivity contribution is 5.89. The summed E-state index contributed by atoms with van der Waals surface area (Å²) < 4.78 is 5.12. The predicted octanol–water partition coefficient (Wildman–Crippen LogP) is 0.781. The highest BCUT2D eigenvalue weighted by Gasteiger charge is 2.40. The summed E-state index contributed by atoms with van der Waals surface area (Å²) in [5.41, 5.74) is -0.942. The molecular formula is C11H19NO4. The molecule has 0 aromatic rings. The fourth-order valence-corrected chi connectivity index (χ4v) is 1.50. The molecule has 0 heterocycles. The maximum absolute atomic E-state index is 11.9. The van der Waals surface area contributed by atoms with Crippen LogP contribution in [0.4, 0.5) is 0 Å². The zero-order chi connectivity index (χ0) is 12.3. The normalized spacial score (nSPS) is 20.9. The lowest BCUT2D eigenvalue weighted by atomic mass is 10.0. The molecule has 1 rings (SSSR count). The number of methoxy groups -OCH3 is 1. The Balaban J connectivity index is 2.64. The zero-order valence-electron chi connectivity index (χ0n) is 9.95. The average Bonchev–Trinajstić information content (AvgIpc) is 3.07. The van der Waals surface area contributed by atoms with Gasteiger partial charge in [-0.3, -0.25) is 4.79 Å². The van der Waals surface area contributed by atoms with E-state index in [0.29, 0.717) is 6.42 Å². The smallest absolute Gasteiger partial charge is 0.326 e. The molecule has 5 heteroatoms. The van der Waals surface area contributed by atoms with Gasteiger partial charge < -0.3 is 15.2 Å². The molecule has 0 aromatic carbocycles. The topological polar surface area (TPSA) is 75.6 Å². The van der Waals surface area contributed by atoms with Crippen LogP contribution < -0.4 is 5.32 Å². The van der Waals surface area contributed by atoms with Crippen LogP contribution >= 0.6 is 0 Å². The van der Waals surface area contributed by atoms with Crippen molar-refractivity contribution in [3.05, 3.63) is 0 Å². The standard InChI is InChI=1S/C11H19NO4/c1-4-11(2,16-3)10(15)12-8(9(13)14)7-5-6-7/h7-8H,4-6H2,1-3H3,(H,12,15)(H,13,14). The molecule has 0 radical (unpaired) electrons. The molecule has 0 aromatic heterocycles. The van der Waals surface area contributed by atoms with Gasteiger partial charge in [-0.05, 0) is 32.1 Å². The Hall–Kier alpha value is -1.10. The van der Waals surface area contributed by atoms with E-state index in [4.69, 9.17) is 9.84 Å². The summed E-state index contributed by atoms with van der Waals surface area (Å²) in [6.07, 6.45) is 2.24. The molecule has 92 valence electrons. The molecule has 0 bridgehead atoms. The first kappa shape index (κ1) is 13.0. The first-order valence-electron chi connectivity index (χ1n) is 5.53. The van der Waals surface area contributed by atoms with Gasteiger partial charge >= 0.3 is 5.97 Å². The third kappa shape index (κ3) is 2.72. The number of hydrogen-bond donors (Lipinski definition) is 2. The number of carboxylic acid groups (broad SMARTS) is 1. The molecule has 1 saturated carbocycles. The van der Waals surface area contributed by atoms with E-state index in [1.807, 2.05) is 6.92 Å². The number of nitrogens with one attached hydrogen (secondary N) is 1. The Morgan fingerprint density at radius 2 is 2.12 bits per heavy atom. The van der Waals surface area contributed by atoms with Crippen LogP contribution in [0.2, 0.25) is 0 Å². The summed E-state index contributed by atoms with van der Waals surface area (Å²) in [6, 6.07) is -0.770. The van der Waals surface area contributed by atoms with Crippen LogP contribution in [0.3, 0.4) is 0 Å². The SMILES string of the molecule is CCC(C)(OC)C(=O)NC(C(=O)O)C1CC1. The van der Waals surface area contributed by atoms with Gasteiger partial charge in [0.1, 0.15) is 11.6 Å². The van der Waals surface area contributed by atoms with Gasteiger partial charge in [-0.15, -0.1) is 0 Å². The minimum Gasteiger partial charge on any atom is -0.480 e. The number of carboxylic acids is 1. The van der Waals surface area contributed by atoms with Crippen molar-refractivity contribution in [3.8, 4) is 0 Å². The van der Waals surface area contributed by atoms with Crippen molar-refractivity contribution in [2.45, 2.75) is 44.8 Å². The first-order valence-corrected chi connectivity index (χ1v) is 5.53. The molecule has 16 heavy (non-hydrogen) atoms. The van der Waals surface area contributed by atoms with Crippen molar-refractivity contribution in [2.24, 2.45) is 5.92 Å². The summed E-state index contributed by atoms with van der Waals surface area (Å²) in [5.74, 6) is -1.23. The maximum atomic E-state index is 11.9. The number of carbonyl (C=O) groups excluding carboxylic acids is 1. The monoisotopic (exact) mass is 229 g/mol. The van der Waals surface area contributed by atoms with E-state index < -0.39 is 17.6 Å². The molecule has 0 spiro atoms. The van der Waals surface area contributed by atoms with Crippen LogP contribution in [0.5, 0.6) is 0 Å². The number of carbonyl (C=O) groups is 2. The van der Waals surface area contributed by atoms with Gasteiger partial charge in [-0.2, -0.15) is 0 Å². The van der Waals surface area contributed by atoms with Crippen LogP contribution in [-0.2, 0) is 14.3 Å². The van der Waals surface area contributed by atoms with Crippen LogP contribution in [0, 0.1) is 5.92 Å². The van der Waals surface area contributed by atoms with E-state index in [9.17, 15) is 9.59 Å². The molecule has 0 aliphatic heterocycles. The van der Waals surface area contributed by atoms with Crippen molar-refractivity contribution >= 4 is 11.9 Å². The van der Waals surface area contributed by atoms with Crippen LogP contribution in [0.15, 0.2) is 0 Å². The second-order valence-corrected chi connectivity index (χ2v) is 4.42. The molecule has 1 aliphatic rings. The second kappa shape index (κ2) is 4.82. The number of amides is 1. The molecule has 5 nitrogen and oxygen atoms in total. The van der Waals surface area contributed by atoms with E-state index in [0.717, 1.165) is 12.8 Å². The average molecular weight is 229 g/mol. The van der Waals surface area contributed by atoms with E-state index in [1.54, 1.807) is 6.92 Å². The molecule has 1 aliphatic carbocycles. The van der Waals surface area contributed by atoms with Gasteiger partial charge in [0.25, 0.3) is 5.91 Å². The molecule has 2 unspecified atom stereocenters. The Morgan fingerprint density at radius 1 is 1.56 bits per heavy atom. The van der Waals surface area contributed by atoms with Crippen molar-refractivity contribution in [1.82, 2.24) is 5.32 Å². The van der Waals surface area contributed by atoms with Gasteiger partial charge in [0.05, 0.1) is 0 Å². The minimum absolute atomic E-state index is 0.0828. The van der Waals surface area contributed by atoms with Gasteiger partial charge in [0, 0.05) is 7.11 Å². The summed E-state index contributed by atoms with van der Waals surface area (Å²) in [7, 11) is 1.45. The molecule has 1 amide bonds. The summed E-state index contributed by atoms with van der Waals surface area (Å²) in [6.45, 7) is 3.49. The number of aliphatic carboxylic acids is 1. The number of ether oxygens (including phenoxy) is 1. The highest BCUT2D eigenvalue weighted by atomic mass is 16.5. The van der Waals surface area contributed by atoms with Gasteiger partial charge in [0.15, 0.2) is 0 Å². The van der Waals surface area contributed by atoms with Crippen LogP contribution in [0.25, 0.3) is 0 Å². The summed E-state index contributed by atoms with van der Waals surface area (Å²) in [4.78, 5) is 22.8. The van der Waals surface area contributed by atoms with Crippen LogP contribution in [0.1, 0.15) is 33.1 Å². The first-order chi connectivity index (χ1) is 7.44. The highest BCUT2D eigenvalue weighted by Crippen LogP contribution is 2.33. The van der Waals surface area contributed by atoms with Gasteiger partial charge in [0.2, 0.25) is 0 Å². The lowest BCUT2D eigenvalue weighted by molar-refractivity contribution is -0.149. The third-order valence-corrected chi connectivity index (χ3v) is 3.25. The maximum Gasteiger partial charge on any atom is 0.326 e. The van der Waals surface area contributed by atoms with Crippen molar-refractivity contribution < 1.29 is 19.4 Å². The fourth-order valence-electron chi connectivity index (χ4n) is 1.50. The van der Waals surface area contributed by atoms with Crippen molar-refractivity contribution in [1.29, 1.82) is 0 Å². The predicted molar refractivity (Wildman–Crippen MR) is 58.0 cm³/mol. The third-order valence-electron chi connectivity index (χ3n) is 3.25. The Morgan fingerprint density at radius 3 is 2.44 bits per heavy atom. The largest absolute Gasteiger partial charge is 0.480 e. The van der Waals surface area contributed by atoms with E-state index in [2.05, 4.69) is 5.32 Å². The fraction of sp³-hybridized carbons (Fsp3) is 0.818. The van der Waals surface area contributed by atoms with Crippen LogP contribution in [-0.4, -0.2) is 35.7 Å². The van der Waals surface area contributed by atoms with E-state index in [1.165, 1.54) is 7.11 Å². The van der Waals surface area contributed by atoms with Gasteiger partial charge in [-0.1, -0.05) is 6.92 Å². The van der Waals surface area contributed by atoms with E-state index >= 15 is 0 Å². The molecule has 2 N–H and O–H groups in total. The minimum atomic E-state index is -0.967.